The van der Waals surface area contributed by atoms with Crippen LogP contribution in [0.1, 0.15) is 16.1 Å². The van der Waals surface area contributed by atoms with E-state index in [2.05, 4.69) is 16.0 Å². The highest BCUT2D eigenvalue weighted by Gasteiger charge is 2.11. The van der Waals surface area contributed by atoms with E-state index in [1.54, 1.807) is 0 Å². The maximum absolute atomic E-state index is 12.1. The van der Waals surface area contributed by atoms with Crippen LogP contribution in [0.4, 0.5) is 0 Å². The van der Waals surface area contributed by atoms with Gasteiger partial charge in [-0.1, -0.05) is 42.5 Å². The van der Waals surface area contributed by atoms with Gasteiger partial charge >= 0.3 is 0 Å². The molecule has 0 bridgehead atoms. The largest absolute Gasteiger partial charge is 0.290 e. The van der Waals surface area contributed by atoms with Crippen LogP contribution in [0.2, 0.25) is 0 Å². The number of amides is 2. The van der Waals surface area contributed by atoms with Gasteiger partial charge in [0.05, 0.1) is 6.42 Å². The number of hydrogen-bond acceptors (Lipinski definition) is 4. The molecule has 1 aromatic heterocycles. The number of aryl methyl sites for hydroxylation is 1. The summed E-state index contributed by atoms with van der Waals surface area (Å²) in [6.07, 6.45) is 0.127. The molecule has 3 aromatic rings. The Labute approximate surface area is 143 Å². The summed E-state index contributed by atoms with van der Waals surface area (Å²) in [5.41, 5.74) is 5.24. The Balaban J connectivity index is 1.65. The maximum Gasteiger partial charge on any atom is 0.290 e. The van der Waals surface area contributed by atoms with Gasteiger partial charge in [-0.25, -0.2) is 4.68 Å². The minimum Gasteiger partial charge on any atom is -0.273 e. The number of hydrazine groups is 1. The zero-order valence-electron chi connectivity index (χ0n) is 13.5. The van der Waals surface area contributed by atoms with Gasteiger partial charge in [-0.2, -0.15) is 5.10 Å². The van der Waals surface area contributed by atoms with Crippen LogP contribution in [-0.2, 0) is 18.3 Å². The van der Waals surface area contributed by atoms with Crippen molar-refractivity contribution in [2.45, 2.75) is 6.42 Å². The summed E-state index contributed by atoms with van der Waals surface area (Å²) < 4.78 is 1.05. The number of carbonyl (C=O) groups is 2. The van der Waals surface area contributed by atoms with Crippen LogP contribution in [0, 0.1) is 0 Å². The Bertz CT molecular complexity index is 1010. The lowest BCUT2D eigenvalue weighted by Gasteiger charge is -2.09. The summed E-state index contributed by atoms with van der Waals surface area (Å²) in [7, 11) is 1.44. The van der Waals surface area contributed by atoms with Crippen molar-refractivity contribution >= 4 is 22.6 Å². The summed E-state index contributed by atoms with van der Waals surface area (Å²) in [5.74, 6) is -0.948. The van der Waals surface area contributed by atoms with Gasteiger partial charge in [0.1, 0.15) is 0 Å². The van der Waals surface area contributed by atoms with Gasteiger partial charge in [0.15, 0.2) is 5.69 Å². The van der Waals surface area contributed by atoms with E-state index < -0.39 is 5.91 Å². The zero-order chi connectivity index (χ0) is 17.8. The maximum atomic E-state index is 12.1. The van der Waals surface area contributed by atoms with Crippen LogP contribution in [-0.4, -0.2) is 21.6 Å². The second kappa shape index (κ2) is 6.96. The van der Waals surface area contributed by atoms with E-state index >= 15 is 0 Å². The third kappa shape index (κ3) is 3.72. The fourth-order valence-corrected chi connectivity index (χ4v) is 2.48. The van der Waals surface area contributed by atoms with Crippen molar-refractivity contribution < 1.29 is 9.59 Å². The predicted molar refractivity (Wildman–Crippen MR) is 92.7 cm³/mol. The summed E-state index contributed by atoms with van der Waals surface area (Å²) in [5, 5.41) is 5.86. The van der Waals surface area contributed by atoms with Gasteiger partial charge in [-0.05, 0) is 22.4 Å². The monoisotopic (exact) mass is 336 g/mol. The van der Waals surface area contributed by atoms with Crippen molar-refractivity contribution in [3.05, 3.63) is 76.2 Å². The molecule has 7 nitrogen and oxygen atoms in total. The molecule has 25 heavy (non-hydrogen) atoms. The Morgan fingerprint density at radius 2 is 1.76 bits per heavy atom. The summed E-state index contributed by atoms with van der Waals surface area (Å²) in [6, 6.07) is 16.0. The molecule has 0 unspecified atom stereocenters. The fourth-order valence-electron chi connectivity index (χ4n) is 2.48. The van der Waals surface area contributed by atoms with Crippen LogP contribution >= 0.6 is 0 Å². The van der Waals surface area contributed by atoms with Gasteiger partial charge in [0.25, 0.3) is 11.5 Å². The van der Waals surface area contributed by atoms with Gasteiger partial charge < -0.3 is 0 Å². The lowest BCUT2D eigenvalue weighted by atomic mass is 10.0. The third-order valence-electron chi connectivity index (χ3n) is 3.74. The van der Waals surface area contributed by atoms with E-state index in [0.29, 0.717) is 0 Å². The summed E-state index contributed by atoms with van der Waals surface area (Å²) in [4.78, 5) is 35.4. The molecular formula is C18H16N4O3. The fraction of sp³-hybridized carbons (Fsp3) is 0.111. The minimum absolute atomic E-state index is 0.0348. The molecule has 0 spiro atoms. The van der Waals surface area contributed by atoms with Crippen LogP contribution < -0.4 is 16.4 Å². The number of carbonyl (C=O) groups excluding carboxylic acids is 2. The number of fused-ring (bicyclic) bond motifs is 1. The Morgan fingerprint density at radius 3 is 2.56 bits per heavy atom. The number of aromatic nitrogens is 2. The molecule has 1 heterocycles. The highest BCUT2D eigenvalue weighted by molar-refractivity contribution is 5.94. The summed E-state index contributed by atoms with van der Waals surface area (Å²) in [6.45, 7) is 0. The molecule has 0 saturated heterocycles. The van der Waals surface area contributed by atoms with Crippen LogP contribution in [0.5, 0.6) is 0 Å². The molecule has 3 rings (SSSR count). The van der Waals surface area contributed by atoms with Crippen molar-refractivity contribution in [3.63, 3.8) is 0 Å². The van der Waals surface area contributed by atoms with Crippen LogP contribution in [0.25, 0.3) is 10.8 Å². The van der Waals surface area contributed by atoms with Gasteiger partial charge in [0, 0.05) is 13.1 Å². The van der Waals surface area contributed by atoms with Crippen molar-refractivity contribution in [3.8, 4) is 0 Å². The molecule has 2 aromatic carbocycles. The number of nitrogens with one attached hydrogen (secondary N) is 2. The normalized spacial score (nSPS) is 10.4. The molecule has 0 fully saturated rings. The molecule has 0 radical (unpaired) electrons. The molecule has 126 valence electrons. The molecule has 2 amide bonds. The van der Waals surface area contributed by atoms with Gasteiger partial charge in [-0.3, -0.25) is 25.2 Å². The Hall–Kier alpha value is -3.48. The first kappa shape index (κ1) is 16.4. The minimum atomic E-state index is -0.595. The molecule has 0 aliphatic carbocycles. The summed E-state index contributed by atoms with van der Waals surface area (Å²) >= 11 is 0. The number of nitrogens with zero attached hydrogens (tertiary/aromatic N) is 2. The van der Waals surface area contributed by atoms with E-state index in [1.165, 1.54) is 19.2 Å². The highest BCUT2D eigenvalue weighted by atomic mass is 16.2. The highest BCUT2D eigenvalue weighted by Crippen LogP contribution is 2.18. The molecule has 0 aliphatic rings. The number of benzene rings is 2. The quantitative estimate of drug-likeness (QED) is 0.696. The lowest BCUT2D eigenvalue weighted by Crippen LogP contribution is -2.43. The first-order valence-electron chi connectivity index (χ1n) is 7.65. The van der Waals surface area contributed by atoms with E-state index in [0.717, 1.165) is 21.0 Å². The van der Waals surface area contributed by atoms with Gasteiger partial charge in [-0.15, -0.1) is 0 Å². The van der Waals surface area contributed by atoms with Crippen LogP contribution in [0.15, 0.2) is 59.4 Å². The molecule has 0 saturated carbocycles. The molecular weight excluding hydrogens is 320 g/mol. The SMILES string of the molecule is Cn1nc(C(=O)NNC(=O)Cc2cccc3ccccc23)ccc1=O. The second-order valence-corrected chi connectivity index (χ2v) is 5.50. The van der Waals surface area contributed by atoms with E-state index in [1.807, 2.05) is 42.5 Å². The molecule has 2 N–H and O–H groups in total. The van der Waals surface area contributed by atoms with Crippen molar-refractivity contribution in [2.24, 2.45) is 7.05 Å². The smallest absolute Gasteiger partial charge is 0.273 e. The second-order valence-electron chi connectivity index (χ2n) is 5.50. The predicted octanol–water partition coefficient (Wildman–Crippen LogP) is 0.937. The first-order valence-corrected chi connectivity index (χ1v) is 7.65. The lowest BCUT2D eigenvalue weighted by molar-refractivity contribution is -0.121. The molecule has 0 aliphatic heterocycles. The van der Waals surface area contributed by atoms with Gasteiger partial charge in [0.2, 0.25) is 5.91 Å². The van der Waals surface area contributed by atoms with Crippen molar-refractivity contribution in [2.75, 3.05) is 0 Å². The van der Waals surface area contributed by atoms with E-state index in [9.17, 15) is 14.4 Å². The zero-order valence-corrected chi connectivity index (χ0v) is 13.5. The molecule has 0 atom stereocenters. The topological polar surface area (TPSA) is 93.1 Å². The van der Waals surface area contributed by atoms with Crippen molar-refractivity contribution in [1.82, 2.24) is 20.6 Å². The van der Waals surface area contributed by atoms with Crippen LogP contribution in [0.3, 0.4) is 0 Å². The average Bonchev–Trinajstić information content (AvgIpc) is 2.62. The van der Waals surface area contributed by atoms with Crippen molar-refractivity contribution in [1.29, 1.82) is 0 Å². The molecule has 7 heteroatoms. The van der Waals surface area contributed by atoms with E-state index in [-0.39, 0.29) is 23.6 Å². The number of rotatable bonds is 3. The first-order chi connectivity index (χ1) is 12.0. The standard InChI is InChI=1S/C18H16N4O3/c1-22-17(24)10-9-15(21-22)18(25)20-19-16(23)11-13-7-4-6-12-5-2-3-8-14(12)13/h2-10H,11H2,1H3,(H,19,23)(H,20,25). The Morgan fingerprint density at radius 1 is 1.00 bits per heavy atom. The third-order valence-corrected chi connectivity index (χ3v) is 3.74. The Kier molecular flexibility index (Phi) is 4.56. The number of hydrogen-bond donors (Lipinski definition) is 2. The van der Waals surface area contributed by atoms with E-state index in [4.69, 9.17) is 0 Å². The average molecular weight is 336 g/mol.